The second kappa shape index (κ2) is 2.27. The molecule has 5 nitrogen and oxygen atoms in total. The molecule has 2 rings (SSSR count). The lowest BCUT2D eigenvalue weighted by molar-refractivity contribution is 0.610. The Morgan fingerprint density at radius 1 is 1.67 bits per heavy atom. The molecule has 0 amide bonds. The fourth-order valence-corrected chi connectivity index (χ4v) is 1.18. The molecule has 0 aromatic carbocycles. The fourth-order valence-electron chi connectivity index (χ4n) is 1.18. The maximum atomic E-state index is 8.79. The van der Waals surface area contributed by atoms with Crippen molar-refractivity contribution in [3.8, 4) is 6.07 Å². The van der Waals surface area contributed by atoms with Crippen molar-refractivity contribution >= 4 is 0 Å². The van der Waals surface area contributed by atoms with Gasteiger partial charge >= 0.3 is 0 Å². The van der Waals surface area contributed by atoms with Gasteiger partial charge in [-0.05, 0) is 18.1 Å². The molecule has 1 saturated carbocycles. The zero-order chi connectivity index (χ0) is 8.60. The van der Waals surface area contributed by atoms with Crippen LogP contribution in [0.25, 0.3) is 0 Å². The lowest BCUT2D eigenvalue weighted by Gasteiger charge is -1.97. The van der Waals surface area contributed by atoms with Crippen molar-refractivity contribution < 1.29 is 0 Å². The van der Waals surface area contributed by atoms with Crippen molar-refractivity contribution in [3.63, 3.8) is 0 Å². The van der Waals surface area contributed by atoms with E-state index in [2.05, 4.69) is 21.5 Å². The number of hydrogen-bond donors (Lipinski definition) is 0. The van der Waals surface area contributed by atoms with E-state index < -0.39 is 0 Å². The van der Waals surface area contributed by atoms with Gasteiger partial charge in [0, 0.05) is 6.42 Å². The van der Waals surface area contributed by atoms with Crippen LogP contribution in [0.15, 0.2) is 0 Å². The smallest absolute Gasteiger partial charge is 0.176 e. The summed E-state index contributed by atoms with van der Waals surface area (Å²) in [5.74, 6) is 0.677. The van der Waals surface area contributed by atoms with Crippen LogP contribution in [0, 0.1) is 16.7 Å². The number of aryl methyl sites for hydroxylation is 1. The molecule has 0 bridgehead atoms. The summed E-state index contributed by atoms with van der Waals surface area (Å²) >= 11 is 0. The minimum absolute atomic E-state index is 0.164. The molecule has 1 aliphatic rings. The van der Waals surface area contributed by atoms with Crippen LogP contribution in [0.3, 0.4) is 0 Å². The highest BCUT2D eigenvalue weighted by molar-refractivity contribution is 5.13. The Balaban J connectivity index is 2.10. The van der Waals surface area contributed by atoms with Crippen LogP contribution in [-0.4, -0.2) is 20.2 Å². The largest absolute Gasteiger partial charge is 0.198 e. The Labute approximate surface area is 70.0 Å². The summed E-state index contributed by atoms with van der Waals surface area (Å²) in [5.41, 5.74) is -0.164. The fraction of sp³-hybridized carbons (Fsp3) is 0.714. The van der Waals surface area contributed by atoms with Crippen LogP contribution in [0.1, 0.15) is 18.7 Å². The Morgan fingerprint density at radius 3 is 2.83 bits per heavy atom. The second-order valence-corrected chi connectivity index (χ2v) is 3.26. The summed E-state index contributed by atoms with van der Waals surface area (Å²) in [4.78, 5) is 1.42. The highest BCUT2D eigenvalue weighted by Gasteiger charge is 2.44. The van der Waals surface area contributed by atoms with E-state index >= 15 is 0 Å². The molecule has 1 aliphatic carbocycles. The normalized spacial score (nSPS) is 18.7. The van der Waals surface area contributed by atoms with Crippen molar-refractivity contribution in [2.75, 3.05) is 0 Å². The lowest BCUT2D eigenvalue weighted by Crippen LogP contribution is -2.03. The van der Waals surface area contributed by atoms with Gasteiger partial charge in [-0.15, -0.1) is 10.2 Å². The molecule has 62 valence electrons. The molecule has 0 N–H and O–H groups in total. The van der Waals surface area contributed by atoms with Crippen LogP contribution < -0.4 is 0 Å². The molecule has 1 aromatic heterocycles. The summed E-state index contributed by atoms with van der Waals surface area (Å²) in [6.07, 6.45) is 2.60. The van der Waals surface area contributed by atoms with Crippen LogP contribution in [-0.2, 0) is 13.5 Å². The van der Waals surface area contributed by atoms with Gasteiger partial charge in [0.25, 0.3) is 0 Å². The summed E-state index contributed by atoms with van der Waals surface area (Å²) < 4.78 is 0. The van der Waals surface area contributed by atoms with Crippen LogP contribution >= 0.6 is 0 Å². The predicted molar refractivity (Wildman–Crippen MR) is 39.8 cm³/mol. The highest BCUT2D eigenvalue weighted by atomic mass is 15.6. The number of tetrazole rings is 1. The topological polar surface area (TPSA) is 67.4 Å². The SMILES string of the molecule is Cn1nnc(CC2(C#N)CC2)n1. The molecule has 1 heterocycles. The van der Waals surface area contributed by atoms with Crippen molar-refractivity contribution in [1.82, 2.24) is 20.2 Å². The third-order valence-electron chi connectivity index (χ3n) is 2.14. The van der Waals surface area contributed by atoms with E-state index in [1.165, 1.54) is 4.80 Å². The summed E-state index contributed by atoms with van der Waals surface area (Å²) in [5, 5.41) is 20.4. The van der Waals surface area contributed by atoms with Crippen molar-refractivity contribution in [2.45, 2.75) is 19.3 Å². The summed E-state index contributed by atoms with van der Waals surface area (Å²) in [7, 11) is 1.72. The highest BCUT2D eigenvalue weighted by Crippen LogP contribution is 2.46. The van der Waals surface area contributed by atoms with E-state index in [-0.39, 0.29) is 5.41 Å². The molecule has 0 atom stereocenters. The molecule has 1 fully saturated rings. The van der Waals surface area contributed by atoms with Gasteiger partial charge in [-0.2, -0.15) is 10.1 Å². The van der Waals surface area contributed by atoms with Gasteiger partial charge < -0.3 is 0 Å². The van der Waals surface area contributed by atoms with E-state index in [9.17, 15) is 0 Å². The van der Waals surface area contributed by atoms with Crippen LogP contribution in [0.5, 0.6) is 0 Å². The number of rotatable bonds is 2. The molecule has 0 radical (unpaired) electrons. The quantitative estimate of drug-likeness (QED) is 0.618. The molecule has 1 aromatic rings. The van der Waals surface area contributed by atoms with E-state index in [4.69, 9.17) is 5.26 Å². The standard InChI is InChI=1S/C7H9N5/c1-12-10-6(9-11-12)4-7(5-8)2-3-7/h2-4H2,1H3. The molecular weight excluding hydrogens is 154 g/mol. The van der Waals surface area contributed by atoms with E-state index in [0.717, 1.165) is 12.8 Å². The number of hydrogen-bond acceptors (Lipinski definition) is 4. The number of nitrogens with zero attached hydrogens (tertiary/aromatic N) is 5. The molecule has 5 heteroatoms. The first kappa shape index (κ1) is 7.22. The van der Waals surface area contributed by atoms with E-state index in [1.807, 2.05) is 0 Å². The first-order valence-electron chi connectivity index (χ1n) is 3.88. The van der Waals surface area contributed by atoms with Gasteiger partial charge in [-0.1, -0.05) is 0 Å². The van der Waals surface area contributed by atoms with Gasteiger partial charge in [0.1, 0.15) is 0 Å². The molecule has 0 spiro atoms. The van der Waals surface area contributed by atoms with Gasteiger partial charge in [0.15, 0.2) is 5.82 Å². The Morgan fingerprint density at radius 2 is 2.42 bits per heavy atom. The summed E-state index contributed by atoms with van der Waals surface area (Å²) in [6, 6.07) is 2.29. The monoisotopic (exact) mass is 163 g/mol. The zero-order valence-corrected chi connectivity index (χ0v) is 6.86. The molecule has 12 heavy (non-hydrogen) atoms. The number of nitriles is 1. The van der Waals surface area contributed by atoms with Gasteiger partial charge in [-0.3, -0.25) is 0 Å². The third kappa shape index (κ3) is 1.16. The Bertz CT molecular complexity index is 330. The molecule has 0 unspecified atom stereocenters. The first-order chi connectivity index (χ1) is 5.74. The third-order valence-corrected chi connectivity index (χ3v) is 2.14. The average molecular weight is 163 g/mol. The van der Waals surface area contributed by atoms with Gasteiger partial charge in [0.2, 0.25) is 0 Å². The maximum Gasteiger partial charge on any atom is 0.176 e. The Kier molecular flexibility index (Phi) is 1.37. The van der Waals surface area contributed by atoms with Crippen molar-refractivity contribution in [1.29, 1.82) is 5.26 Å². The van der Waals surface area contributed by atoms with E-state index in [1.54, 1.807) is 7.05 Å². The minimum atomic E-state index is -0.164. The summed E-state index contributed by atoms with van der Waals surface area (Å²) in [6.45, 7) is 0. The average Bonchev–Trinajstić information content (AvgIpc) is 2.71. The van der Waals surface area contributed by atoms with Crippen molar-refractivity contribution in [3.05, 3.63) is 5.82 Å². The van der Waals surface area contributed by atoms with Gasteiger partial charge in [-0.25, -0.2) is 0 Å². The molecule has 0 saturated heterocycles. The minimum Gasteiger partial charge on any atom is -0.198 e. The maximum absolute atomic E-state index is 8.79. The predicted octanol–water partition coefficient (Wildman–Crippen LogP) is 0.0564. The second-order valence-electron chi connectivity index (χ2n) is 3.26. The van der Waals surface area contributed by atoms with E-state index in [0.29, 0.717) is 12.2 Å². The van der Waals surface area contributed by atoms with Gasteiger partial charge in [0.05, 0.1) is 18.5 Å². The van der Waals surface area contributed by atoms with Crippen LogP contribution in [0.2, 0.25) is 0 Å². The zero-order valence-electron chi connectivity index (χ0n) is 6.86. The van der Waals surface area contributed by atoms with Crippen molar-refractivity contribution in [2.24, 2.45) is 12.5 Å². The van der Waals surface area contributed by atoms with Crippen LogP contribution in [0.4, 0.5) is 0 Å². The molecule has 0 aliphatic heterocycles. The number of aromatic nitrogens is 4. The molecular formula is C7H9N5. The lowest BCUT2D eigenvalue weighted by atomic mass is 10.1. The first-order valence-corrected chi connectivity index (χ1v) is 3.88. The Hall–Kier alpha value is -1.44.